The van der Waals surface area contributed by atoms with Crippen molar-refractivity contribution >= 4 is 11.3 Å². The molecule has 0 aliphatic heterocycles. The lowest BCUT2D eigenvalue weighted by molar-refractivity contribution is 0.224. The molecule has 0 fully saturated rings. The van der Waals surface area contributed by atoms with Crippen LogP contribution in [0.4, 0.5) is 0 Å². The van der Waals surface area contributed by atoms with Crippen LogP contribution in [0, 0.1) is 13.8 Å². The van der Waals surface area contributed by atoms with Crippen molar-refractivity contribution in [3.63, 3.8) is 0 Å². The minimum atomic E-state index is -0.544. The first-order chi connectivity index (χ1) is 7.61. The van der Waals surface area contributed by atoms with E-state index in [9.17, 15) is 5.11 Å². The van der Waals surface area contributed by atoms with Gasteiger partial charge in [-0.15, -0.1) is 11.3 Å². The fraction of sp³-hybridized carbons (Fsp3) is 0.417. The summed E-state index contributed by atoms with van der Waals surface area (Å²) in [6.45, 7) is 7.00. The van der Waals surface area contributed by atoms with Crippen LogP contribution in [-0.2, 0) is 6.54 Å². The lowest BCUT2D eigenvalue weighted by Gasteiger charge is -2.04. The van der Waals surface area contributed by atoms with E-state index in [0.29, 0.717) is 0 Å². The maximum absolute atomic E-state index is 10.2. The van der Waals surface area contributed by atoms with Gasteiger partial charge in [-0.1, -0.05) is 0 Å². The summed E-state index contributed by atoms with van der Waals surface area (Å²) in [7, 11) is 0. The third-order valence-electron chi connectivity index (χ3n) is 2.75. The fourth-order valence-electron chi connectivity index (χ4n) is 1.59. The van der Waals surface area contributed by atoms with E-state index in [1.165, 1.54) is 10.4 Å². The number of hydrogen-bond donors (Lipinski definition) is 1. The molecule has 0 aromatic carbocycles. The maximum atomic E-state index is 10.2. The SMILES string of the molecule is CCn1cc(C(O)c2cc(C)c(C)s2)cn1. The molecule has 0 bridgehead atoms. The first-order valence-corrected chi connectivity index (χ1v) is 6.20. The second-order valence-electron chi connectivity index (χ2n) is 3.92. The second kappa shape index (κ2) is 4.39. The van der Waals surface area contributed by atoms with Crippen molar-refractivity contribution in [3.8, 4) is 0 Å². The van der Waals surface area contributed by atoms with Gasteiger partial charge in [-0.05, 0) is 32.4 Å². The van der Waals surface area contributed by atoms with Crippen LogP contribution in [0.25, 0.3) is 0 Å². The molecule has 2 heterocycles. The number of aliphatic hydroxyl groups excluding tert-OH is 1. The van der Waals surface area contributed by atoms with Crippen LogP contribution in [0.5, 0.6) is 0 Å². The summed E-state index contributed by atoms with van der Waals surface area (Å²) in [5, 5.41) is 14.4. The van der Waals surface area contributed by atoms with Crippen molar-refractivity contribution in [2.24, 2.45) is 0 Å². The summed E-state index contributed by atoms with van der Waals surface area (Å²) in [4.78, 5) is 2.25. The Morgan fingerprint density at radius 2 is 2.25 bits per heavy atom. The molecular weight excluding hydrogens is 220 g/mol. The zero-order chi connectivity index (χ0) is 11.7. The topological polar surface area (TPSA) is 38.0 Å². The molecule has 0 saturated heterocycles. The summed E-state index contributed by atoms with van der Waals surface area (Å²) >= 11 is 1.65. The van der Waals surface area contributed by atoms with Gasteiger partial charge < -0.3 is 5.11 Å². The first kappa shape index (κ1) is 11.4. The molecule has 1 unspecified atom stereocenters. The average Bonchev–Trinajstić information content (AvgIpc) is 2.86. The number of rotatable bonds is 3. The number of aliphatic hydroxyl groups is 1. The van der Waals surface area contributed by atoms with E-state index in [1.54, 1.807) is 17.5 Å². The molecule has 2 aromatic heterocycles. The Kier molecular flexibility index (Phi) is 3.12. The Hall–Kier alpha value is -1.13. The normalized spacial score (nSPS) is 13.0. The van der Waals surface area contributed by atoms with Gasteiger partial charge in [-0.2, -0.15) is 5.10 Å². The predicted molar refractivity (Wildman–Crippen MR) is 65.8 cm³/mol. The number of hydrogen-bond acceptors (Lipinski definition) is 3. The highest BCUT2D eigenvalue weighted by Crippen LogP contribution is 2.30. The molecule has 4 heteroatoms. The van der Waals surface area contributed by atoms with E-state index < -0.39 is 6.10 Å². The van der Waals surface area contributed by atoms with Gasteiger partial charge in [0.2, 0.25) is 0 Å². The first-order valence-electron chi connectivity index (χ1n) is 5.39. The van der Waals surface area contributed by atoms with Crippen LogP contribution in [0.15, 0.2) is 18.5 Å². The minimum absolute atomic E-state index is 0.544. The van der Waals surface area contributed by atoms with Gasteiger partial charge in [-0.25, -0.2) is 0 Å². The van der Waals surface area contributed by atoms with Crippen LogP contribution >= 0.6 is 11.3 Å². The Balaban J connectivity index is 2.27. The fourth-order valence-corrected chi connectivity index (χ4v) is 2.65. The van der Waals surface area contributed by atoms with Gasteiger partial charge in [0.15, 0.2) is 0 Å². The van der Waals surface area contributed by atoms with Gasteiger partial charge in [-0.3, -0.25) is 4.68 Å². The molecule has 16 heavy (non-hydrogen) atoms. The van der Waals surface area contributed by atoms with Crippen molar-refractivity contribution in [1.82, 2.24) is 9.78 Å². The molecule has 2 rings (SSSR count). The highest BCUT2D eigenvalue weighted by atomic mass is 32.1. The molecule has 1 atom stereocenters. The number of thiophene rings is 1. The van der Waals surface area contributed by atoms with Crippen molar-refractivity contribution in [1.29, 1.82) is 0 Å². The highest BCUT2D eigenvalue weighted by Gasteiger charge is 2.15. The van der Waals surface area contributed by atoms with Crippen molar-refractivity contribution in [2.75, 3.05) is 0 Å². The van der Waals surface area contributed by atoms with Gasteiger partial charge in [0, 0.05) is 28.1 Å². The van der Waals surface area contributed by atoms with E-state index in [-0.39, 0.29) is 0 Å². The number of nitrogens with zero attached hydrogens (tertiary/aromatic N) is 2. The van der Waals surface area contributed by atoms with E-state index in [0.717, 1.165) is 17.0 Å². The summed E-state index contributed by atoms with van der Waals surface area (Å²) in [6.07, 6.45) is 3.09. The van der Waals surface area contributed by atoms with Crippen LogP contribution in [0.2, 0.25) is 0 Å². The predicted octanol–water partition coefficient (Wildman–Crippen LogP) is 2.66. The zero-order valence-corrected chi connectivity index (χ0v) is 10.6. The molecule has 0 spiro atoms. The van der Waals surface area contributed by atoms with Crippen LogP contribution in [0.3, 0.4) is 0 Å². The molecule has 0 saturated carbocycles. The number of aromatic nitrogens is 2. The van der Waals surface area contributed by atoms with Crippen molar-refractivity contribution in [3.05, 3.63) is 39.3 Å². The smallest absolute Gasteiger partial charge is 0.116 e. The molecule has 1 N–H and O–H groups in total. The lowest BCUT2D eigenvalue weighted by Crippen LogP contribution is -1.96. The third-order valence-corrected chi connectivity index (χ3v) is 3.95. The Morgan fingerprint density at radius 3 is 2.75 bits per heavy atom. The highest BCUT2D eigenvalue weighted by molar-refractivity contribution is 7.12. The monoisotopic (exact) mass is 236 g/mol. The number of aryl methyl sites for hydroxylation is 3. The molecular formula is C12H16N2OS. The van der Waals surface area contributed by atoms with Gasteiger partial charge in [0.25, 0.3) is 0 Å². The van der Waals surface area contributed by atoms with E-state index in [1.807, 2.05) is 23.9 Å². The Bertz CT molecular complexity index is 467. The third kappa shape index (κ3) is 2.03. The lowest BCUT2D eigenvalue weighted by atomic mass is 10.1. The minimum Gasteiger partial charge on any atom is -0.383 e. The summed E-state index contributed by atoms with van der Waals surface area (Å²) in [6, 6.07) is 2.05. The van der Waals surface area contributed by atoms with E-state index >= 15 is 0 Å². The molecule has 0 aliphatic carbocycles. The summed E-state index contributed by atoms with van der Waals surface area (Å²) in [5.41, 5.74) is 2.10. The van der Waals surface area contributed by atoms with Crippen molar-refractivity contribution in [2.45, 2.75) is 33.4 Å². The van der Waals surface area contributed by atoms with Gasteiger partial charge >= 0.3 is 0 Å². The molecule has 0 radical (unpaired) electrons. The molecule has 86 valence electrons. The maximum Gasteiger partial charge on any atom is 0.116 e. The molecule has 3 nitrogen and oxygen atoms in total. The summed E-state index contributed by atoms with van der Waals surface area (Å²) in [5.74, 6) is 0. The zero-order valence-electron chi connectivity index (χ0n) is 9.77. The molecule has 2 aromatic rings. The van der Waals surface area contributed by atoms with Crippen LogP contribution < -0.4 is 0 Å². The van der Waals surface area contributed by atoms with Gasteiger partial charge in [0.05, 0.1) is 6.20 Å². The molecule has 0 aliphatic rings. The van der Waals surface area contributed by atoms with Crippen LogP contribution in [-0.4, -0.2) is 14.9 Å². The van der Waals surface area contributed by atoms with Crippen molar-refractivity contribution < 1.29 is 5.11 Å². The largest absolute Gasteiger partial charge is 0.383 e. The average molecular weight is 236 g/mol. The quantitative estimate of drug-likeness (QED) is 0.889. The summed E-state index contributed by atoms with van der Waals surface area (Å²) < 4.78 is 1.83. The Morgan fingerprint density at radius 1 is 1.50 bits per heavy atom. The Labute approximate surface area is 99.4 Å². The van der Waals surface area contributed by atoms with E-state index in [2.05, 4.69) is 18.9 Å². The van der Waals surface area contributed by atoms with Gasteiger partial charge in [0.1, 0.15) is 6.10 Å². The van der Waals surface area contributed by atoms with Crippen LogP contribution in [0.1, 0.15) is 33.9 Å². The molecule has 0 amide bonds. The van der Waals surface area contributed by atoms with E-state index in [4.69, 9.17) is 0 Å². The standard InChI is InChI=1S/C12H16N2OS/c1-4-14-7-10(6-13-14)12(15)11-5-8(2)9(3)16-11/h5-7,12,15H,4H2,1-3H3. The second-order valence-corrected chi connectivity index (χ2v) is 5.21.